The maximum absolute atomic E-state index is 13.2. The Morgan fingerprint density at radius 1 is 1.39 bits per heavy atom. The van der Waals surface area contributed by atoms with E-state index in [-0.39, 0.29) is 23.8 Å². The standard InChI is InChI=1S/C13H18F2N2O/c1-12(2,3)10-4-5-11(18)17(16-10)9-6-7-13(14,15)8-9/h4-5,9H,6-8H2,1-3H3. The van der Waals surface area contributed by atoms with Gasteiger partial charge >= 0.3 is 0 Å². The largest absolute Gasteiger partial charge is 0.268 e. The molecule has 100 valence electrons. The number of nitrogens with zero attached hydrogens (tertiary/aromatic N) is 2. The Morgan fingerprint density at radius 3 is 2.56 bits per heavy atom. The van der Waals surface area contributed by atoms with Gasteiger partial charge in [0, 0.05) is 24.3 Å². The van der Waals surface area contributed by atoms with Crippen LogP contribution in [-0.2, 0) is 5.41 Å². The lowest BCUT2D eigenvalue weighted by molar-refractivity contribution is 0.00496. The molecule has 1 unspecified atom stereocenters. The molecule has 0 aromatic carbocycles. The fourth-order valence-electron chi connectivity index (χ4n) is 2.22. The predicted molar refractivity (Wildman–Crippen MR) is 65.0 cm³/mol. The lowest BCUT2D eigenvalue weighted by Gasteiger charge is -2.20. The molecule has 1 atom stereocenters. The number of halogens is 2. The summed E-state index contributed by atoms with van der Waals surface area (Å²) < 4.78 is 27.6. The number of hydrogen-bond acceptors (Lipinski definition) is 2. The van der Waals surface area contributed by atoms with E-state index in [1.807, 2.05) is 20.8 Å². The third-order valence-electron chi connectivity index (χ3n) is 3.32. The highest BCUT2D eigenvalue weighted by molar-refractivity contribution is 5.11. The van der Waals surface area contributed by atoms with Crippen molar-refractivity contribution in [2.75, 3.05) is 0 Å². The maximum Gasteiger partial charge on any atom is 0.267 e. The van der Waals surface area contributed by atoms with E-state index in [1.54, 1.807) is 6.07 Å². The van der Waals surface area contributed by atoms with Crippen molar-refractivity contribution in [1.29, 1.82) is 0 Å². The van der Waals surface area contributed by atoms with E-state index in [0.717, 1.165) is 5.69 Å². The van der Waals surface area contributed by atoms with Crippen molar-refractivity contribution in [3.63, 3.8) is 0 Å². The monoisotopic (exact) mass is 256 g/mol. The fourth-order valence-corrected chi connectivity index (χ4v) is 2.22. The first kappa shape index (κ1) is 13.2. The minimum atomic E-state index is -2.66. The minimum Gasteiger partial charge on any atom is -0.268 e. The zero-order valence-corrected chi connectivity index (χ0v) is 10.9. The molecule has 1 aromatic rings. The van der Waals surface area contributed by atoms with Crippen molar-refractivity contribution < 1.29 is 8.78 Å². The predicted octanol–water partition coefficient (Wildman–Crippen LogP) is 2.90. The van der Waals surface area contributed by atoms with Gasteiger partial charge in [-0.15, -0.1) is 0 Å². The van der Waals surface area contributed by atoms with Gasteiger partial charge in [0.05, 0.1) is 11.7 Å². The molecule has 3 nitrogen and oxygen atoms in total. The van der Waals surface area contributed by atoms with Crippen LogP contribution in [0.15, 0.2) is 16.9 Å². The first-order valence-electron chi connectivity index (χ1n) is 6.17. The molecule has 1 fully saturated rings. The highest BCUT2D eigenvalue weighted by Gasteiger charge is 2.41. The van der Waals surface area contributed by atoms with Crippen molar-refractivity contribution in [1.82, 2.24) is 9.78 Å². The van der Waals surface area contributed by atoms with Crippen molar-refractivity contribution in [2.45, 2.75) is 57.4 Å². The average Bonchev–Trinajstić information content (AvgIpc) is 2.57. The van der Waals surface area contributed by atoms with Gasteiger partial charge in [0.1, 0.15) is 0 Å². The van der Waals surface area contributed by atoms with Gasteiger partial charge in [0.15, 0.2) is 0 Å². The normalized spacial score (nSPS) is 23.3. The van der Waals surface area contributed by atoms with Crippen molar-refractivity contribution in [3.8, 4) is 0 Å². The van der Waals surface area contributed by atoms with Gasteiger partial charge in [-0.2, -0.15) is 5.10 Å². The molecule has 2 rings (SSSR count). The Labute approximate surface area is 105 Å². The zero-order valence-electron chi connectivity index (χ0n) is 10.9. The Kier molecular flexibility index (Phi) is 3.03. The van der Waals surface area contributed by atoms with Gasteiger partial charge in [-0.25, -0.2) is 13.5 Å². The van der Waals surface area contributed by atoms with Crippen LogP contribution in [-0.4, -0.2) is 15.7 Å². The average molecular weight is 256 g/mol. The van der Waals surface area contributed by atoms with E-state index in [9.17, 15) is 13.6 Å². The number of rotatable bonds is 1. The van der Waals surface area contributed by atoms with Crippen LogP contribution >= 0.6 is 0 Å². The quantitative estimate of drug-likeness (QED) is 0.774. The Hall–Kier alpha value is -1.26. The van der Waals surface area contributed by atoms with Crippen LogP contribution in [0, 0.1) is 0 Å². The summed E-state index contributed by atoms with van der Waals surface area (Å²) in [5, 5.41) is 4.26. The van der Waals surface area contributed by atoms with Gasteiger partial charge in [-0.3, -0.25) is 4.79 Å². The zero-order chi connectivity index (χ0) is 13.6. The van der Waals surface area contributed by atoms with Crippen LogP contribution in [0.2, 0.25) is 0 Å². The van der Waals surface area contributed by atoms with Crippen molar-refractivity contribution >= 4 is 0 Å². The molecule has 0 amide bonds. The topological polar surface area (TPSA) is 34.9 Å². The molecule has 0 bridgehead atoms. The Balaban J connectivity index is 2.37. The molecule has 0 N–H and O–H groups in total. The third kappa shape index (κ3) is 2.60. The number of hydrogen-bond donors (Lipinski definition) is 0. The first-order chi connectivity index (χ1) is 8.19. The molecule has 0 aliphatic heterocycles. The molecule has 1 saturated carbocycles. The van der Waals surface area contributed by atoms with Crippen LogP contribution in [0.1, 0.15) is 51.8 Å². The number of alkyl halides is 2. The summed E-state index contributed by atoms with van der Waals surface area (Å²) in [5.41, 5.74) is 0.249. The van der Waals surface area contributed by atoms with E-state index >= 15 is 0 Å². The molecule has 1 aromatic heterocycles. The SMILES string of the molecule is CC(C)(C)c1ccc(=O)n(C2CCC(F)(F)C2)n1. The second-order valence-corrected chi connectivity index (χ2v) is 6.00. The highest BCUT2D eigenvalue weighted by Crippen LogP contribution is 2.40. The van der Waals surface area contributed by atoms with Crippen molar-refractivity contribution in [3.05, 3.63) is 28.2 Å². The molecule has 1 aliphatic rings. The van der Waals surface area contributed by atoms with E-state index in [2.05, 4.69) is 5.10 Å². The first-order valence-corrected chi connectivity index (χ1v) is 6.17. The molecule has 0 spiro atoms. The molecule has 5 heteroatoms. The second kappa shape index (κ2) is 4.14. The summed E-state index contributed by atoms with van der Waals surface area (Å²) in [6.45, 7) is 5.94. The summed E-state index contributed by atoms with van der Waals surface area (Å²) in [5.74, 6) is -2.66. The molecule has 0 radical (unpaired) electrons. The van der Waals surface area contributed by atoms with E-state index in [0.29, 0.717) is 6.42 Å². The van der Waals surface area contributed by atoms with Crippen molar-refractivity contribution in [2.24, 2.45) is 0 Å². The molecule has 18 heavy (non-hydrogen) atoms. The molecule has 0 saturated heterocycles. The highest BCUT2D eigenvalue weighted by atomic mass is 19.3. The summed E-state index contributed by atoms with van der Waals surface area (Å²) in [6.07, 6.45) is -0.132. The Bertz CT molecular complexity index is 502. The fraction of sp³-hybridized carbons (Fsp3) is 0.692. The van der Waals surface area contributed by atoms with Gasteiger partial charge < -0.3 is 0 Å². The maximum atomic E-state index is 13.2. The van der Waals surface area contributed by atoms with Gasteiger partial charge in [0.2, 0.25) is 5.92 Å². The third-order valence-corrected chi connectivity index (χ3v) is 3.32. The minimum absolute atomic E-state index is 0.161. The Morgan fingerprint density at radius 2 is 2.06 bits per heavy atom. The van der Waals surface area contributed by atoms with Gasteiger partial charge in [0.25, 0.3) is 5.56 Å². The van der Waals surface area contributed by atoms with Crippen LogP contribution in [0.5, 0.6) is 0 Å². The lowest BCUT2D eigenvalue weighted by Crippen LogP contribution is -2.29. The van der Waals surface area contributed by atoms with Gasteiger partial charge in [-0.05, 0) is 12.5 Å². The smallest absolute Gasteiger partial charge is 0.267 e. The summed E-state index contributed by atoms with van der Waals surface area (Å²) in [6, 6.07) is 2.62. The van der Waals surface area contributed by atoms with Crippen LogP contribution in [0.4, 0.5) is 8.78 Å². The summed E-state index contributed by atoms with van der Waals surface area (Å²) in [7, 11) is 0. The molecule has 1 aliphatic carbocycles. The molecular weight excluding hydrogens is 238 g/mol. The van der Waals surface area contributed by atoms with E-state index in [4.69, 9.17) is 0 Å². The summed E-state index contributed by atoms with van der Waals surface area (Å²) >= 11 is 0. The number of aromatic nitrogens is 2. The van der Waals surface area contributed by atoms with Crippen LogP contribution in [0.25, 0.3) is 0 Å². The second-order valence-electron chi connectivity index (χ2n) is 6.00. The summed E-state index contributed by atoms with van der Waals surface area (Å²) in [4.78, 5) is 11.8. The van der Waals surface area contributed by atoms with Crippen LogP contribution in [0.3, 0.4) is 0 Å². The van der Waals surface area contributed by atoms with E-state index < -0.39 is 12.0 Å². The molecule has 1 heterocycles. The van der Waals surface area contributed by atoms with Crippen LogP contribution < -0.4 is 5.56 Å². The van der Waals surface area contributed by atoms with Gasteiger partial charge in [-0.1, -0.05) is 20.8 Å². The molecular formula is C13H18F2N2O. The lowest BCUT2D eigenvalue weighted by atomic mass is 9.92. The van der Waals surface area contributed by atoms with E-state index in [1.165, 1.54) is 10.7 Å².